The zero-order chi connectivity index (χ0) is 13.8. The van der Waals surface area contributed by atoms with E-state index in [1.807, 2.05) is 6.92 Å². The van der Waals surface area contributed by atoms with E-state index in [-0.39, 0.29) is 17.6 Å². The van der Waals surface area contributed by atoms with Crippen molar-refractivity contribution in [3.05, 3.63) is 35.4 Å². The maximum atomic E-state index is 6.41. The molecule has 18 heavy (non-hydrogen) atoms. The van der Waals surface area contributed by atoms with Crippen LogP contribution in [0, 0.1) is 5.41 Å². The second-order valence-electron chi connectivity index (χ2n) is 5.87. The Balaban J connectivity index is 2.97. The molecule has 0 heterocycles. The standard InChI is InChI=1S/C16H27NO/c1-6-12-9-8-10-13(11-12)14(17)15(18-7-2)16(3,4)5/h8-11,14-15H,6-7,17H2,1-5H3. The molecule has 2 atom stereocenters. The Kier molecular flexibility index (Phi) is 5.36. The lowest BCUT2D eigenvalue weighted by Gasteiger charge is -2.35. The van der Waals surface area contributed by atoms with Gasteiger partial charge in [-0.3, -0.25) is 0 Å². The third-order valence-corrected chi connectivity index (χ3v) is 3.27. The van der Waals surface area contributed by atoms with Gasteiger partial charge in [-0.15, -0.1) is 0 Å². The predicted molar refractivity (Wildman–Crippen MR) is 77.6 cm³/mol. The number of aryl methyl sites for hydroxylation is 1. The number of rotatable bonds is 5. The predicted octanol–water partition coefficient (Wildman–Crippen LogP) is 3.70. The number of nitrogens with two attached hydrogens (primary N) is 1. The SMILES string of the molecule is CCOC(C(N)c1cccc(CC)c1)C(C)(C)C. The van der Waals surface area contributed by atoms with Crippen LogP contribution in [0.15, 0.2) is 24.3 Å². The lowest BCUT2D eigenvalue weighted by atomic mass is 9.82. The Morgan fingerprint density at radius 1 is 1.22 bits per heavy atom. The van der Waals surface area contributed by atoms with E-state index < -0.39 is 0 Å². The number of benzene rings is 1. The van der Waals surface area contributed by atoms with Crippen LogP contribution in [0.3, 0.4) is 0 Å². The number of ether oxygens (including phenoxy) is 1. The van der Waals surface area contributed by atoms with Crippen molar-refractivity contribution in [2.45, 2.75) is 53.2 Å². The van der Waals surface area contributed by atoms with Crippen LogP contribution in [-0.2, 0) is 11.2 Å². The molecule has 0 bridgehead atoms. The van der Waals surface area contributed by atoms with E-state index in [2.05, 4.69) is 52.0 Å². The molecule has 1 aromatic carbocycles. The molecule has 0 aliphatic rings. The summed E-state index contributed by atoms with van der Waals surface area (Å²) in [6.07, 6.45) is 1.07. The number of hydrogen-bond acceptors (Lipinski definition) is 2. The lowest BCUT2D eigenvalue weighted by Crippen LogP contribution is -2.39. The van der Waals surface area contributed by atoms with Crippen LogP contribution in [0.2, 0.25) is 0 Å². The van der Waals surface area contributed by atoms with Crippen LogP contribution < -0.4 is 5.73 Å². The van der Waals surface area contributed by atoms with Crippen molar-refractivity contribution in [2.24, 2.45) is 11.1 Å². The normalized spacial score (nSPS) is 15.4. The maximum Gasteiger partial charge on any atom is 0.0815 e. The van der Waals surface area contributed by atoms with Crippen LogP contribution in [0.25, 0.3) is 0 Å². The molecule has 2 unspecified atom stereocenters. The highest BCUT2D eigenvalue weighted by molar-refractivity contribution is 5.27. The average molecular weight is 249 g/mol. The third-order valence-electron chi connectivity index (χ3n) is 3.27. The quantitative estimate of drug-likeness (QED) is 0.863. The molecule has 0 fully saturated rings. The molecule has 0 radical (unpaired) electrons. The summed E-state index contributed by atoms with van der Waals surface area (Å²) in [6, 6.07) is 8.45. The zero-order valence-corrected chi connectivity index (χ0v) is 12.4. The van der Waals surface area contributed by atoms with Gasteiger partial charge in [0.25, 0.3) is 0 Å². The fourth-order valence-electron chi connectivity index (χ4n) is 2.27. The first kappa shape index (κ1) is 15.2. The molecular formula is C16H27NO. The van der Waals surface area contributed by atoms with Gasteiger partial charge in [0.2, 0.25) is 0 Å². The van der Waals surface area contributed by atoms with Crippen LogP contribution >= 0.6 is 0 Å². The lowest BCUT2D eigenvalue weighted by molar-refractivity contribution is -0.0283. The fourth-order valence-corrected chi connectivity index (χ4v) is 2.27. The van der Waals surface area contributed by atoms with E-state index >= 15 is 0 Å². The highest BCUT2D eigenvalue weighted by Crippen LogP contribution is 2.31. The number of hydrogen-bond donors (Lipinski definition) is 1. The first-order valence-electron chi connectivity index (χ1n) is 6.86. The van der Waals surface area contributed by atoms with Crippen molar-refractivity contribution in [1.82, 2.24) is 0 Å². The van der Waals surface area contributed by atoms with E-state index in [1.54, 1.807) is 0 Å². The molecule has 0 aliphatic heterocycles. The van der Waals surface area contributed by atoms with E-state index in [9.17, 15) is 0 Å². The van der Waals surface area contributed by atoms with E-state index in [0.717, 1.165) is 6.42 Å². The van der Waals surface area contributed by atoms with Crippen molar-refractivity contribution in [3.63, 3.8) is 0 Å². The van der Waals surface area contributed by atoms with Crippen molar-refractivity contribution in [3.8, 4) is 0 Å². The second-order valence-corrected chi connectivity index (χ2v) is 5.87. The van der Waals surface area contributed by atoms with E-state index in [1.165, 1.54) is 11.1 Å². The summed E-state index contributed by atoms with van der Waals surface area (Å²) in [5.41, 5.74) is 8.94. The van der Waals surface area contributed by atoms with Gasteiger partial charge in [-0.1, -0.05) is 52.0 Å². The first-order valence-corrected chi connectivity index (χ1v) is 6.86. The minimum atomic E-state index is -0.0727. The van der Waals surface area contributed by atoms with Crippen molar-refractivity contribution in [1.29, 1.82) is 0 Å². The van der Waals surface area contributed by atoms with Crippen LogP contribution in [-0.4, -0.2) is 12.7 Å². The molecule has 1 aromatic rings. The Bertz CT molecular complexity index is 368. The molecule has 0 saturated carbocycles. The zero-order valence-electron chi connectivity index (χ0n) is 12.4. The average Bonchev–Trinajstić information content (AvgIpc) is 2.34. The Labute approximate surface area is 112 Å². The third kappa shape index (κ3) is 3.82. The van der Waals surface area contributed by atoms with Gasteiger partial charge in [0.15, 0.2) is 0 Å². The molecule has 1 rings (SSSR count). The van der Waals surface area contributed by atoms with Gasteiger partial charge in [0.1, 0.15) is 0 Å². The van der Waals surface area contributed by atoms with Crippen molar-refractivity contribution >= 4 is 0 Å². The summed E-state index contributed by atoms with van der Waals surface area (Å²) in [5.74, 6) is 0. The second kappa shape index (κ2) is 6.35. The van der Waals surface area contributed by atoms with Gasteiger partial charge in [-0.2, -0.15) is 0 Å². The summed E-state index contributed by atoms with van der Waals surface area (Å²) < 4.78 is 5.87. The van der Waals surface area contributed by atoms with E-state index in [4.69, 9.17) is 10.5 Å². The molecule has 102 valence electrons. The molecule has 2 heteroatoms. The molecule has 0 spiro atoms. The monoisotopic (exact) mass is 249 g/mol. The molecule has 0 saturated heterocycles. The van der Waals surface area contributed by atoms with Gasteiger partial charge in [0.05, 0.1) is 12.1 Å². The van der Waals surface area contributed by atoms with Crippen LogP contribution in [0.1, 0.15) is 51.8 Å². The Morgan fingerprint density at radius 3 is 2.39 bits per heavy atom. The summed E-state index contributed by atoms with van der Waals surface area (Å²) in [6.45, 7) is 11.4. The van der Waals surface area contributed by atoms with Gasteiger partial charge in [0, 0.05) is 6.61 Å². The minimum absolute atomic E-state index is 0.0367. The molecule has 0 aromatic heterocycles. The summed E-state index contributed by atoms with van der Waals surface area (Å²) in [7, 11) is 0. The molecule has 0 aliphatic carbocycles. The maximum absolute atomic E-state index is 6.41. The molecule has 2 N–H and O–H groups in total. The van der Waals surface area contributed by atoms with Gasteiger partial charge < -0.3 is 10.5 Å². The van der Waals surface area contributed by atoms with Crippen molar-refractivity contribution in [2.75, 3.05) is 6.61 Å². The Morgan fingerprint density at radius 2 is 1.89 bits per heavy atom. The molecular weight excluding hydrogens is 222 g/mol. The fraction of sp³-hybridized carbons (Fsp3) is 0.625. The first-order chi connectivity index (χ1) is 8.40. The van der Waals surface area contributed by atoms with Gasteiger partial charge in [-0.05, 0) is 29.9 Å². The van der Waals surface area contributed by atoms with E-state index in [0.29, 0.717) is 6.61 Å². The minimum Gasteiger partial charge on any atom is -0.376 e. The Hall–Kier alpha value is -0.860. The summed E-state index contributed by atoms with van der Waals surface area (Å²) in [5, 5.41) is 0. The van der Waals surface area contributed by atoms with Crippen LogP contribution in [0.4, 0.5) is 0 Å². The van der Waals surface area contributed by atoms with Gasteiger partial charge >= 0.3 is 0 Å². The highest BCUT2D eigenvalue weighted by Gasteiger charge is 2.31. The van der Waals surface area contributed by atoms with Gasteiger partial charge in [-0.25, -0.2) is 0 Å². The van der Waals surface area contributed by atoms with Crippen LogP contribution in [0.5, 0.6) is 0 Å². The molecule has 2 nitrogen and oxygen atoms in total. The summed E-state index contributed by atoms with van der Waals surface area (Å²) in [4.78, 5) is 0. The topological polar surface area (TPSA) is 35.2 Å². The molecule has 0 amide bonds. The smallest absolute Gasteiger partial charge is 0.0815 e. The highest BCUT2D eigenvalue weighted by atomic mass is 16.5. The summed E-state index contributed by atoms with van der Waals surface area (Å²) >= 11 is 0. The largest absolute Gasteiger partial charge is 0.376 e. The van der Waals surface area contributed by atoms with Crippen molar-refractivity contribution < 1.29 is 4.74 Å².